The summed E-state index contributed by atoms with van der Waals surface area (Å²) in [6, 6.07) is 46.8. The average molecular weight is 645 g/mol. The lowest BCUT2D eigenvalue weighted by Crippen LogP contribution is -2.19. The highest BCUT2D eigenvalue weighted by Gasteiger charge is 2.61. The minimum atomic E-state index is -0.0613. The summed E-state index contributed by atoms with van der Waals surface area (Å²) in [5.41, 5.74) is 18.3. The van der Waals surface area contributed by atoms with Gasteiger partial charge in [0.1, 0.15) is 0 Å². The Morgan fingerprint density at radius 3 is 2.29 bits per heavy atom. The highest BCUT2D eigenvalue weighted by atomic mass is 32.1. The zero-order chi connectivity index (χ0) is 32.5. The lowest BCUT2D eigenvalue weighted by atomic mass is 9.73. The van der Waals surface area contributed by atoms with Gasteiger partial charge in [0.15, 0.2) is 0 Å². The van der Waals surface area contributed by atoms with Crippen molar-refractivity contribution in [2.24, 2.45) is 0 Å². The second kappa shape index (κ2) is 9.80. The molecule has 1 fully saturated rings. The molecule has 1 saturated carbocycles. The molecule has 1 aromatic heterocycles. The van der Waals surface area contributed by atoms with E-state index in [1.807, 2.05) is 11.3 Å². The van der Waals surface area contributed by atoms with Crippen LogP contribution in [0.15, 0.2) is 140 Å². The second-order valence-electron chi connectivity index (χ2n) is 15.1. The van der Waals surface area contributed by atoms with Gasteiger partial charge in [0.05, 0.1) is 0 Å². The van der Waals surface area contributed by atoms with Crippen molar-refractivity contribution in [1.29, 1.82) is 0 Å². The van der Waals surface area contributed by atoms with E-state index in [-0.39, 0.29) is 10.8 Å². The van der Waals surface area contributed by atoms with Crippen LogP contribution in [-0.4, -0.2) is 0 Å². The Morgan fingerprint density at radius 1 is 0.612 bits per heavy atom. The van der Waals surface area contributed by atoms with E-state index in [0.29, 0.717) is 5.92 Å². The van der Waals surface area contributed by atoms with Crippen molar-refractivity contribution >= 4 is 37.1 Å². The van der Waals surface area contributed by atoms with Crippen molar-refractivity contribution in [2.45, 2.75) is 49.9 Å². The molecule has 0 amide bonds. The van der Waals surface area contributed by atoms with E-state index in [1.54, 1.807) is 0 Å². The van der Waals surface area contributed by atoms with Crippen LogP contribution in [0.3, 0.4) is 0 Å². The van der Waals surface area contributed by atoms with Crippen molar-refractivity contribution in [3.05, 3.63) is 173 Å². The molecule has 1 heterocycles. The topological polar surface area (TPSA) is 0 Å². The van der Waals surface area contributed by atoms with Crippen molar-refractivity contribution < 1.29 is 0 Å². The van der Waals surface area contributed by atoms with Gasteiger partial charge in [0.2, 0.25) is 0 Å². The van der Waals surface area contributed by atoms with Gasteiger partial charge in [-0.05, 0) is 128 Å². The van der Waals surface area contributed by atoms with Gasteiger partial charge in [-0.3, -0.25) is 0 Å². The molecule has 4 aliphatic rings. The highest BCUT2D eigenvalue weighted by molar-refractivity contribution is 7.25. The van der Waals surface area contributed by atoms with Crippen LogP contribution >= 0.6 is 11.3 Å². The summed E-state index contributed by atoms with van der Waals surface area (Å²) in [6.07, 6.45) is 10.5. The van der Waals surface area contributed by atoms with Crippen LogP contribution in [0.4, 0.5) is 0 Å². The Hall–Kier alpha value is -4.98. The number of fused-ring (bicyclic) bond motifs is 13. The first-order valence-electron chi connectivity index (χ1n) is 17.8. The lowest BCUT2D eigenvalue weighted by molar-refractivity contribution is 0.665. The van der Waals surface area contributed by atoms with Crippen LogP contribution in [-0.2, 0) is 10.8 Å². The second-order valence-corrected chi connectivity index (χ2v) is 16.2. The standard InChI is InChI=1S/C48H36S/c1-47(2)40-23-19-33(27-39(40)35-21-24-44-45(46(35)47)36-15-9-10-16-43(36)49-44)48-28-42(48)34-20-17-31(29-11-5-3-6-12-29)25-37(34)38-26-32(18-22-41(38)48)30-13-7-4-8-14-30/h3,5-7,9-27,42H,4,8,28H2,1-2H3. The molecule has 11 rings (SSSR count). The minimum absolute atomic E-state index is 0.00693. The molecule has 0 bridgehead atoms. The summed E-state index contributed by atoms with van der Waals surface area (Å²) < 4.78 is 2.78. The van der Waals surface area contributed by atoms with Crippen molar-refractivity contribution in [2.75, 3.05) is 0 Å². The number of hydrogen-bond donors (Lipinski definition) is 0. The zero-order valence-corrected chi connectivity index (χ0v) is 28.7. The molecule has 234 valence electrons. The predicted molar refractivity (Wildman–Crippen MR) is 209 cm³/mol. The van der Waals surface area contributed by atoms with E-state index in [0.717, 1.165) is 19.3 Å². The van der Waals surface area contributed by atoms with E-state index < -0.39 is 0 Å². The van der Waals surface area contributed by atoms with Crippen molar-refractivity contribution in [3.63, 3.8) is 0 Å². The zero-order valence-electron chi connectivity index (χ0n) is 27.9. The predicted octanol–water partition coefficient (Wildman–Crippen LogP) is 13.2. The fourth-order valence-electron chi connectivity index (χ4n) is 9.89. The molecule has 2 atom stereocenters. The largest absolute Gasteiger partial charge is 0.135 e. The molecule has 4 aliphatic carbocycles. The van der Waals surface area contributed by atoms with Gasteiger partial charge in [-0.25, -0.2) is 0 Å². The Balaban J connectivity index is 1.11. The molecular weight excluding hydrogens is 609 g/mol. The maximum atomic E-state index is 2.59. The van der Waals surface area contributed by atoms with E-state index in [2.05, 4.69) is 153 Å². The molecule has 0 aliphatic heterocycles. The number of thiophene rings is 1. The average Bonchev–Trinajstić information content (AvgIpc) is 3.75. The first kappa shape index (κ1) is 27.9. The summed E-state index contributed by atoms with van der Waals surface area (Å²) in [6.45, 7) is 4.88. The van der Waals surface area contributed by atoms with Gasteiger partial charge < -0.3 is 0 Å². The van der Waals surface area contributed by atoms with Gasteiger partial charge in [-0.15, -0.1) is 11.3 Å². The molecule has 6 aromatic carbocycles. The van der Waals surface area contributed by atoms with Gasteiger partial charge in [-0.2, -0.15) is 0 Å². The third-order valence-electron chi connectivity index (χ3n) is 12.3. The molecule has 0 N–H and O–H groups in total. The van der Waals surface area contributed by atoms with E-state index in [9.17, 15) is 0 Å². The van der Waals surface area contributed by atoms with E-state index >= 15 is 0 Å². The number of rotatable bonds is 3. The number of benzene rings is 6. The van der Waals surface area contributed by atoms with E-state index in [4.69, 9.17) is 0 Å². The SMILES string of the molecule is CC1(C)c2ccc(C34CC3c3ccc(-c5ccccc5)cc3-c3cc(C5=CCCC=C5)ccc34)cc2-c2ccc3sc4ccccc4c3c21. The molecule has 0 radical (unpaired) electrons. The Labute approximate surface area is 292 Å². The van der Waals surface area contributed by atoms with Crippen LogP contribution in [0.1, 0.15) is 72.4 Å². The summed E-state index contributed by atoms with van der Waals surface area (Å²) in [7, 11) is 0. The molecule has 2 unspecified atom stereocenters. The normalized spacial score (nSPS) is 20.7. The molecule has 0 saturated heterocycles. The molecule has 0 spiro atoms. The fraction of sp³-hybridized carbons (Fsp3) is 0.167. The van der Waals surface area contributed by atoms with Crippen molar-refractivity contribution in [1.82, 2.24) is 0 Å². The lowest BCUT2D eigenvalue weighted by Gasteiger charge is -2.30. The number of hydrogen-bond acceptors (Lipinski definition) is 1. The molecular formula is C48H36S. The third-order valence-corrected chi connectivity index (χ3v) is 13.4. The number of allylic oxidation sites excluding steroid dienone is 4. The van der Waals surface area contributed by atoms with Crippen LogP contribution in [0.2, 0.25) is 0 Å². The summed E-state index contributed by atoms with van der Waals surface area (Å²) in [5.74, 6) is 0.481. The summed E-state index contributed by atoms with van der Waals surface area (Å²) >= 11 is 1.93. The first-order chi connectivity index (χ1) is 24.0. The quantitative estimate of drug-likeness (QED) is 0.180. The van der Waals surface area contributed by atoms with Gasteiger partial charge in [-0.1, -0.05) is 123 Å². The van der Waals surface area contributed by atoms with Crippen molar-refractivity contribution in [3.8, 4) is 33.4 Å². The van der Waals surface area contributed by atoms with Crippen LogP contribution in [0.5, 0.6) is 0 Å². The molecule has 49 heavy (non-hydrogen) atoms. The van der Waals surface area contributed by atoms with E-state index in [1.165, 1.54) is 92.5 Å². The van der Waals surface area contributed by atoms with Crippen LogP contribution in [0, 0.1) is 0 Å². The monoisotopic (exact) mass is 644 g/mol. The maximum Gasteiger partial charge on any atom is 0.0358 e. The summed E-state index contributed by atoms with van der Waals surface area (Å²) in [4.78, 5) is 0. The highest BCUT2D eigenvalue weighted by Crippen LogP contribution is 2.70. The van der Waals surface area contributed by atoms with Gasteiger partial charge in [0.25, 0.3) is 0 Å². The Kier molecular flexibility index (Phi) is 5.59. The Morgan fingerprint density at radius 2 is 1.41 bits per heavy atom. The third kappa shape index (κ3) is 3.75. The van der Waals surface area contributed by atoms with Gasteiger partial charge in [0, 0.05) is 31.0 Å². The van der Waals surface area contributed by atoms with Crippen LogP contribution in [0.25, 0.3) is 59.1 Å². The smallest absolute Gasteiger partial charge is 0.0358 e. The Bertz CT molecular complexity index is 2610. The molecule has 1 heteroatoms. The first-order valence-corrected chi connectivity index (χ1v) is 18.7. The van der Waals surface area contributed by atoms with Gasteiger partial charge >= 0.3 is 0 Å². The molecule has 7 aromatic rings. The van der Waals surface area contributed by atoms with Crippen LogP contribution < -0.4 is 0 Å². The summed E-state index contributed by atoms with van der Waals surface area (Å²) in [5, 5.41) is 2.85. The fourth-order valence-corrected chi connectivity index (χ4v) is 11.0. The maximum absolute atomic E-state index is 2.59. The minimum Gasteiger partial charge on any atom is -0.135 e. The molecule has 0 nitrogen and oxygen atoms in total.